The Bertz CT molecular complexity index is 1320. The van der Waals surface area contributed by atoms with Crippen molar-refractivity contribution in [3.63, 3.8) is 0 Å². The van der Waals surface area contributed by atoms with Crippen LogP contribution >= 0.6 is 34.7 Å². The summed E-state index contributed by atoms with van der Waals surface area (Å²) in [5.41, 5.74) is 5.12. The van der Waals surface area contributed by atoms with E-state index in [9.17, 15) is 9.59 Å². The van der Waals surface area contributed by atoms with E-state index in [4.69, 9.17) is 11.6 Å². The van der Waals surface area contributed by atoms with Crippen LogP contribution in [0.5, 0.6) is 0 Å². The first kappa shape index (κ1) is 22.3. The average Bonchev–Trinajstić information content (AvgIpc) is 3.17. The first-order valence-corrected chi connectivity index (χ1v) is 12.0. The Hall–Kier alpha value is -2.87. The maximum Gasteiger partial charge on any atom is 0.255 e. The third-order valence-corrected chi connectivity index (χ3v) is 7.23. The minimum absolute atomic E-state index is 0.0769. The molecule has 4 rings (SSSR count). The monoisotopic (exact) mass is 481 g/mol. The highest BCUT2D eigenvalue weighted by molar-refractivity contribution is 8.01. The second kappa shape index (κ2) is 9.73. The number of hydrogen-bond acceptors (Lipinski definition) is 5. The molecule has 1 heterocycles. The number of halogens is 1. The summed E-state index contributed by atoms with van der Waals surface area (Å²) in [7, 11) is 0. The first-order chi connectivity index (χ1) is 15.4. The van der Waals surface area contributed by atoms with Gasteiger partial charge in [0.2, 0.25) is 5.91 Å². The maximum absolute atomic E-state index is 12.4. The van der Waals surface area contributed by atoms with Gasteiger partial charge < -0.3 is 10.6 Å². The van der Waals surface area contributed by atoms with E-state index in [1.165, 1.54) is 28.7 Å². The number of benzene rings is 3. The van der Waals surface area contributed by atoms with E-state index in [-0.39, 0.29) is 17.6 Å². The second-order valence-corrected chi connectivity index (χ2v) is 9.95. The first-order valence-electron chi connectivity index (χ1n) is 9.85. The number of amides is 2. The van der Waals surface area contributed by atoms with Gasteiger partial charge in [0.1, 0.15) is 0 Å². The predicted octanol–water partition coefficient (Wildman–Crippen LogP) is 6.55. The number of nitrogens with zero attached hydrogens (tertiary/aromatic N) is 1. The largest absolute Gasteiger partial charge is 0.325 e. The predicted molar refractivity (Wildman–Crippen MR) is 134 cm³/mol. The molecule has 0 spiro atoms. The van der Waals surface area contributed by atoms with E-state index >= 15 is 0 Å². The smallest absolute Gasteiger partial charge is 0.255 e. The van der Waals surface area contributed by atoms with Crippen LogP contribution < -0.4 is 10.6 Å². The zero-order valence-corrected chi connectivity index (χ0v) is 19.8. The van der Waals surface area contributed by atoms with Crippen LogP contribution in [-0.4, -0.2) is 22.6 Å². The van der Waals surface area contributed by atoms with Crippen LogP contribution in [-0.2, 0) is 4.79 Å². The summed E-state index contributed by atoms with van der Waals surface area (Å²) in [5, 5.41) is 6.32. The zero-order chi connectivity index (χ0) is 22.7. The van der Waals surface area contributed by atoms with Crippen LogP contribution in [0.4, 0.5) is 11.4 Å². The van der Waals surface area contributed by atoms with Crippen LogP contribution in [0, 0.1) is 13.8 Å². The average molecular weight is 482 g/mol. The van der Waals surface area contributed by atoms with Gasteiger partial charge in [-0.05, 0) is 73.5 Å². The molecule has 2 N–H and O–H groups in total. The topological polar surface area (TPSA) is 71.1 Å². The number of thiazole rings is 1. The summed E-state index contributed by atoms with van der Waals surface area (Å²) < 4.78 is 1.74. The standard InChI is InChI=1S/C24H20ClN3O2S2/c1-14-6-7-18(10-15(14)2)26-22(29)13-31-24-28-20-9-8-19(12-21(20)32-24)27-23(30)16-4-3-5-17(25)11-16/h3-12H,13H2,1-2H3,(H,26,29)(H,27,30). The van der Waals surface area contributed by atoms with Crippen molar-refractivity contribution in [2.45, 2.75) is 18.2 Å². The molecule has 5 nitrogen and oxygen atoms in total. The number of hydrogen-bond donors (Lipinski definition) is 2. The van der Waals surface area contributed by atoms with Crippen LogP contribution in [0.2, 0.25) is 5.02 Å². The van der Waals surface area contributed by atoms with Gasteiger partial charge in [-0.1, -0.05) is 35.5 Å². The van der Waals surface area contributed by atoms with Crippen molar-refractivity contribution in [2.24, 2.45) is 0 Å². The molecule has 0 aliphatic heterocycles. The summed E-state index contributed by atoms with van der Waals surface area (Å²) in [6.45, 7) is 4.06. The molecule has 3 aromatic carbocycles. The van der Waals surface area contributed by atoms with Crippen molar-refractivity contribution in [2.75, 3.05) is 16.4 Å². The molecule has 8 heteroatoms. The van der Waals surface area contributed by atoms with E-state index in [1.807, 2.05) is 50.2 Å². The number of carbonyl (C=O) groups excluding carboxylic acids is 2. The zero-order valence-electron chi connectivity index (χ0n) is 17.4. The molecular weight excluding hydrogens is 462 g/mol. The fraction of sp³-hybridized carbons (Fsp3) is 0.125. The summed E-state index contributed by atoms with van der Waals surface area (Å²) in [6.07, 6.45) is 0. The molecule has 0 unspecified atom stereocenters. The van der Waals surface area contributed by atoms with Crippen LogP contribution in [0.15, 0.2) is 65.0 Å². The Morgan fingerprint density at radius 2 is 1.75 bits per heavy atom. The van der Waals surface area contributed by atoms with Crippen molar-refractivity contribution < 1.29 is 9.59 Å². The highest BCUT2D eigenvalue weighted by Gasteiger charge is 2.11. The third-order valence-electron chi connectivity index (χ3n) is 4.83. The van der Waals surface area contributed by atoms with E-state index in [0.29, 0.717) is 16.3 Å². The molecule has 32 heavy (non-hydrogen) atoms. The molecule has 0 atom stereocenters. The van der Waals surface area contributed by atoms with Gasteiger partial charge in [-0.25, -0.2) is 4.98 Å². The summed E-state index contributed by atoms with van der Waals surface area (Å²) in [4.78, 5) is 29.3. The maximum atomic E-state index is 12.4. The Kier molecular flexibility index (Phi) is 6.79. The molecule has 0 radical (unpaired) electrons. The molecule has 0 saturated carbocycles. The highest BCUT2D eigenvalue weighted by Crippen LogP contribution is 2.31. The third kappa shape index (κ3) is 5.48. The number of thioether (sulfide) groups is 1. The summed E-state index contributed by atoms with van der Waals surface area (Å²) >= 11 is 8.85. The fourth-order valence-electron chi connectivity index (χ4n) is 3.02. The molecule has 2 amide bonds. The van der Waals surface area contributed by atoms with Crippen LogP contribution in [0.25, 0.3) is 10.2 Å². The van der Waals surface area contributed by atoms with E-state index < -0.39 is 0 Å². The molecule has 1 aromatic heterocycles. The van der Waals surface area contributed by atoms with Gasteiger partial charge in [-0.2, -0.15) is 0 Å². The molecule has 0 aliphatic carbocycles. The number of aryl methyl sites for hydroxylation is 2. The van der Waals surface area contributed by atoms with Gasteiger partial charge in [0.05, 0.1) is 16.0 Å². The number of aromatic nitrogens is 1. The van der Waals surface area contributed by atoms with Gasteiger partial charge in [0.15, 0.2) is 4.34 Å². The molecular formula is C24H20ClN3O2S2. The highest BCUT2D eigenvalue weighted by atomic mass is 35.5. The number of rotatable bonds is 6. The van der Waals surface area contributed by atoms with Crippen molar-refractivity contribution in [3.8, 4) is 0 Å². The van der Waals surface area contributed by atoms with Crippen molar-refractivity contribution in [1.82, 2.24) is 4.98 Å². The van der Waals surface area contributed by atoms with Crippen molar-refractivity contribution in [3.05, 3.63) is 82.4 Å². The Balaban J connectivity index is 1.38. The molecule has 162 valence electrons. The van der Waals surface area contributed by atoms with E-state index in [0.717, 1.165) is 25.8 Å². The Labute approximate surface area is 199 Å². The molecule has 0 bridgehead atoms. The quantitative estimate of drug-likeness (QED) is 0.306. The normalized spacial score (nSPS) is 10.8. The van der Waals surface area contributed by atoms with Gasteiger partial charge in [0.25, 0.3) is 5.91 Å². The molecule has 0 aliphatic rings. The van der Waals surface area contributed by atoms with Gasteiger partial charge in [-0.15, -0.1) is 11.3 Å². The SMILES string of the molecule is Cc1ccc(NC(=O)CSc2nc3ccc(NC(=O)c4cccc(Cl)c4)cc3s2)cc1C. The minimum atomic E-state index is -0.228. The fourth-order valence-corrected chi connectivity index (χ4v) is 5.12. The molecule has 0 fully saturated rings. The lowest BCUT2D eigenvalue weighted by molar-refractivity contribution is -0.113. The van der Waals surface area contributed by atoms with Gasteiger partial charge in [0, 0.05) is 22.0 Å². The van der Waals surface area contributed by atoms with Gasteiger partial charge in [-0.3, -0.25) is 9.59 Å². The second-order valence-electron chi connectivity index (χ2n) is 7.26. The number of anilines is 2. The Morgan fingerprint density at radius 1 is 0.969 bits per heavy atom. The lowest BCUT2D eigenvalue weighted by atomic mass is 10.1. The summed E-state index contributed by atoms with van der Waals surface area (Å²) in [5.74, 6) is -0.0357. The molecule has 4 aromatic rings. The lowest BCUT2D eigenvalue weighted by Gasteiger charge is -2.06. The van der Waals surface area contributed by atoms with E-state index in [1.54, 1.807) is 24.3 Å². The number of nitrogens with one attached hydrogen (secondary N) is 2. The number of fused-ring (bicyclic) bond motifs is 1. The molecule has 0 saturated heterocycles. The van der Waals surface area contributed by atoms with Crippen LogP contribution in [0.3, 0.4) is 0 Å². The summed E-state index contributed by atoms with van der Waals surface area (Å²) in [6, 6.07) is 18.2. The minimum Gasteiger partial charge on any atom is -0.325 e. The Morgan fingerprint density at radius 3 is 2.53 bits per heavy atom. The lowest BCUT2D eigenvalue weighted by Crippen LogP contribution is -2.14. The van der Waals surface area contributed by atoms with Crippen molar-refractivity contribution >= 4 is 68.1 Å². The van der Waals surface area contributed by atoms with Crippen LogP contribution in [0.1, 0.15) is 21.5 Å². The van der Waals surface area contributed by atoms with Gasteiger partial charge >= 0.3 is 0 Å². The number of carbonyl (C=O) groups is 2. The van der Waals surface area contributed by atoms with Crippen molar-refractivity contribution in [1.29, 1.82) is 0 Å². The van der Waals surface area contributed by atoms with E-state index in [2.05, 4.69) is 15.6 Å².